The van der Waals surface area contributed by atoms with Crippen LogP contribution in [0.5, 0.6) is 0 Å². The number of likely N-dealkylation sites (tertiary alicyclic amines) is 1. The maximum Gasteiger partial charge on any atom is 0.254 e. The number of nitrogens with one attached hydrogen (secondary N) is 1. The lowest BCUT2D eigenvalue weighted by Crippen LogP contribution is -2.48. The maximum atomic E-state index is 13.6. The molecule has 2 atom stereocenters. The number of hydrogen-bond donors (Lipinski definition) is 1. The predicted molar refractivity (Wildman–Crippen MR) is 130 cm³/mol. The van der Waals surface area contributed by atoms with E-state index in [2.05, 4.69) is 19.2 Å². The molecule has 7 heteroatoms. The number of hydrogen-bond acceptors (Lipinski definition) is 4. The van der Waals surface area contributed by atoms with Crippen molar-refractivity contribution >= 4 is 17.7 Å². The largest absolute Gasteiger partial charge is 0.340 e. The third-order valence-electron chi connectivity index (χ3n) is 6.55. The van der Waals surface area contributed by atoms with Crippen LogP contribution in [0.1, 0.15) is 56.5 Å². The minimum absolute atomic E-state index is 0.00292. The molecule has 1 aromatic rings. The molecule has 0 saturated carbocycles. The first-order valence-corrected chi connectivity index (χ1v) is 12.4. The lowest BCUT2D eigenvalue weighted by Gasteiger charge is -2.32. The van der Waals surface area contributed by atoms with Gasteiger partial charge in [-0.15, -0.1) is 0 Å². The van der Waals surface area contributed by atoms with Crippen molar-refractivity contribution in [3.05, 3.63) is 35.4 Å². The van der Waals surface area contributed by atoms with Crippen molar-refractivity contribution in [3.63, 3.8) is 0 Å². The van der Waals surface area contributed by atoms with Gasteiger partial charge in [0, 0.05) is 44.2 Å². The molecule has 2 fully saturated rings. The van der Waals surface area contributed by atoms with Crippen molar-refractivity contribution in [1.29, 1.82) is 0 Å². The third-order valence-corrected chi connectivity index (χ3v) is 6.55. The fourth-order valence-corrected chi connectivity index (χ4v) is 4.78. The molecule has 0 aromatic heterocycles. The molecule has 1 aromatic carbocycles. The average Bonchev–Trinajstić information content (AvgIpc) is 3.03. The highest BCUT2D eigenvalue weighted by Crippen LogP contribution is 2.28. The Morgan fingerprint density at radius 1 is 1.06 bits per heavy atom. The molecular weight excluding hydrogens is 416 g/mol. The summed E-state index contributed by atoms with van der Waals surface area (Å²) in [5.74, 6) is 0.133. The van der Waals surface area contributed by atoms with Gasteiger partial charge in [-0.3, -0.25) is 14.4 Å². The Bertz CT molecular complexity index is 828. The van der Waals surface area contributed by atoms with Crippen molar-refractivity contribution in [2.75, 3.05) is 39.3 Å². The van der Waals surface area contributed by atoms with Crippen molar-refractivity contribution in [2.45, 2.75) is 59.5 Å². The van der Waals surface area contributed by atoms with E-state index in [4.69, 9.17) is 0 Å². The third kappa shape index (κ3) is 6.14. The monoisotopic (exact) mass is 456 g/mol. The molecule has 2 heterocycles. The molecule has 2 saturated heterocycles. The van der Waals surface area contributed by atoms with Gasteiger partial charge in [-0.25, -0.2) is 0 Å². The van der Waals surface area contributed by atoms with E-state index in [1.807, 2.05) is 54.8 Å². The Morgan fingerprint density at radius 2 is 1.76 bits per heavy atom. The molecule has 2 aliphatic rings. The van der Waals surface area contributed by atoms with E-state index in [0.29, 0.717) is 44.1 Å². The number of amides is 3. The number of rotatable bonds is 6. The van der Waals surface area contributed by atoms with Crippen molar-refractivity contribution in [3.8, 4) is 0 Å². The van der Waals surface area contributed by atoms with Crippen LogP contribution in [0.15, 0.2) is 24.3 Å². The lowest BCUT2D eigenvalue weighted by molar-refractivity contribution is -0.138. The van der Waals surface area contributed by atoms with Crippen LogP contribution in [-0.2, 0) is 9.59 Å². The van der Waals surface area contributed by atoms with E-state index in [1.54, 1.807) is 4.90 Å². The average molecular weight is 457 g/mol. The molecule has 33 heavy (non-hydrogen) atoms. The van der Waals surface area contributed by atoms with Crippen LogP contribution < -0.4 is 5.32 Å². The first-order chi connectivity index (χ1) is 15.7. The predicted octanol–water partition coefficient (Wildman–Crippen LogP) is 2.54. The van der Waals surface area contributed by atoms with Crippen LogP contribution in [0.4, 0.5) is 0 Å². The van der Waals surface area contributed by atoms with Crippen LogP contribution in [0.25, 0.3) is 0 Å². The normalized spacial score (nSPS) is 21.4. The molecule has 0 radical (unpaired) electrons. The number of carbonyl (C=O) groups excluding carboxylic acids is 3. The first-order valence-electron chi connectivity index (χ1n) is 12.4. The summed E-state index contributed by atoms with van der Waals surface area (Å²) in [7, 11) is 0. The zero-order valence-corrected chi connectivity index (χ0v) is 20.8. The number of nitrogens with zero attached hydrogens (tertiary/aromatic N) is 3. The van der Waals surface area contributed by atoms with Gasteiger partial charge in [0.1, 0.15) is 6.04 Å². The van der Waals surface area contributed by atoms with Crippen molar-refractivity contribution in [2.24, 2.45) is 11.8 Å². The van der Waals surface area contributed by atoms with Crippen LogP contribution in [0, 0.1) is 18.8 Å². The minimum atomic E-state index is -0.545. The maximum absolute atomic E-state index is 13.6. The van der Waals surface area contributed by atoms with Gasteiger partial charge in [-0.1, -0.05) is 45.4 Å². The Morgan fingerprint density at radius 3 is 2.39 bits per heavy atom. The smallest absolute Gasteiger partial charge is 0.254 e. The Balaban J connectivity index is 1.90. The van der Waals surface area contributed by atoms with Gasteiger partial charge in [-0.05, 0) is 44.4 Å². The molecule has 0 aliphatic carbocycles. The summed E-state index contributed by atoms with van der Waals surface area (Å²) in [4.78, 5) is 45.8. The fourth-order valence-electron chi connectivity index (χ4n) is 4.78. The molecule has 2 aliphatic heterocycles. The van der Waals surface area contributed by atoms with Crippen LogP contribution in [-0.4, -0.2) is 83.8 Å². The Hall–Kier alpha value is -2.41. The summed E-state index contributed by atoms with van der Waals surface area (Å²) in [5, 5.41) is 3.34. The van der Waals surface area contributed by atoms with Gasteiger partial charge >= 0.3 is 0 Å². The van der Waals surface area contributed by atoms with E-state index in [-0.39, 0.29) is 29.7 Å². The standard InChI is InChI=1S/C26H40N4O3/c1-18(2)16-29(24(31)19(3)4)22-15-23(26(33)28-13-6-11-27-12-14-28)30(17-22)25(32)21-9-7-20(5)8-10-21/h7-10,18-19,22-23,27H,6,11-17H2,1-5H3. The van der Waals surface area contributed by atoms with E-state index >= 15 is 0 Å². The summed E-state index contributed by atoms with van der Waals surface area (Å²) in [6, 6.07) is 6.80. The highest BCUT2D eigenvalue weighted by molar-refractivity contribution is 5.98. The molecule has 3 amide bonds. The molecular formula is C26H40N4O3. The van der Waals surface area contributed by atoms with E-state index < -0.39 is 6.04 Å². The van der Waals surface area contributed by atoms with E-state index in [9.17, 15) is 14.4 Å². The van der Waals surface area contributed by atoms with Crippen LogP contribution in [0.2, 0.25) is 0 Å². The molecule has 2 unspecified atom stereocenters. The van der Waals surface area contributed by atoms with Crippen LogP contribution >= 0.6 is 0 Å². The van der Waals surface area contributed by atoms with E-state index in [0.717, 1.165) is 25.1 Å². The van der Waals surface area contributed by atoms with Gasteiger partial charge in [0.05, 0.1) is 6.04 Å². The first kappa shape index (κ1) is 25.2. The SMILES string of the molecule is Cc1ccc(C(=O)N2CC(N(CC(C)C)C(=O)C(C)C)CC2C(=O)N2CCCNCC2)cc1. The molecule has 3 rings (SSSR count). The van der Waals surface area contributed by atoms with Gasteiger partial charge < -0.3 is 20.0 Å². The molecule has 182 valence electrons. The Labute approximate surface area is 198 Å². The second-order valence-corrected chi connectivity index (χ2v) is 10.2. The quantitative estimate of drug-likeness (QED) is 0.714. The summed E-state index contributed by atoms with van der Waals surface area (Å²) in [6.07, 6.45) is 1.39. The number of carbonyl (C=O) groups is 3. The summed E-state index contributed by atoms with van der Waals surface area (Å²) >= 11 is 0. The summed E-state index contributed by atoms with van der Waals surface area (Å²) < 4.78 is 0. The molecule has 1 N–H and O–H groups in total. The van der Waals surface area contributed by atoms with Crippen molar-refractivity contribution in [1.82, 2.24) is 20.0 Å². The minimum Gasteiger partial charge on any atom is -0.340 e. The molecule has 7 nitrogen and oxygen atoms in total. The zero-order chi connectivity index (χ0) is 24.1. The topological polar surface area (TPSA) is 73.0 Å². The fraction of sp³-hybridized carbons (Fsp3) is 0.654. The molecule has 0 bridgehead atoms. The highest BCUT2D eigenvalue weighted by Gasteiger charge is 2.44. The Kier molecular flexibility index (Phi) is 8.51. The van der Waals surface area contributed by atoms with Gasteiger partial charge in [0.25, 0.3) is 5.91 Å². The number of aryl methyl sites for hydroxylation is 1. The summed E-state index contributed by atoms with van der Waals surface area (Å²) in [6.45, 7) is 14.0. The zero-order valence-electron chi connectivity index (χ0n) is 20.8. The van der Waals surface area contributed by atoms with E-state index in [1.165, 1.54) is 0 Å². The highest BCUT2D eigenvalue weighted by atomic mass is 16.2. The summed E-state index contributed by atoms with van der Waals surface area (Å²) in [5.41, 5.74) is 1.67. The number of benzene rings is 1. The second kappa shape index (κ2) is 11.1. The van der Waals surface area contributed by atoms with Gasteiger partial charge in [-0.2, -0.15) is 0 Å². The van der Waals surface area contributed by atoms with Gasteiger partial charge in [0.2, 0.25) is 11.8 Å². The van der Waals surface area contributed by atoms with Crippen molar-refractivity contribution < 1.29 is 14.4 Å². The lowest BCUT2D eigenvalue weighted by atomic mass is 10.0. The van der Waals surface area contributed by atoms with Crippen LogP contribution in [0.3, 0.4) is 0 Å². The molecule has 0 spiro atoms. The second-order valence-electron chi connectivity index (χ2n) is 10.2. The van der Waals surface area contributed by atoms with Gasteiger partial charge in [0.15, 0.2) is 0 Å².